The number of carbonyl (C=O) groups excluding carboxylic acids is 2. The summed E-state index contributed by atoms with van der Waals surface area (Å²) in [6.07, 6.45) is 2.86. The second-order valence-electron chi connectivity index (χ2n) is 8.48. The van der Waals surface area contributed by atoms with E-state index in [9.17, 15) is 20.1 Å². The topological polar surface area (TPSA) is 103 Å². The van der Waals surface area contributed by atoms with Crippen LogP contribution in [0.4, 0.5) is 5.69 Å². The second kappa shape index (κ2) is 8.78. The maximum Gasteiger partial charge on any atom is 0.247 e. The first-order chi connectivity index (χ1) is 16.5. The molecule has 0 radical (unpaired) electrons. The molecule has 172 valence electrons. The van der Waals surface area contributed by atoms with Crippen LogP contribution in [0.5, 0.6) is 5.75 Å². The van der Waals surface area contributed by atoms with E-state index in [1.54, 1.807) is 54.6 Å². The highest BCUT2D eigenvalue weighted by atomic mass is 16.5. The Hall–Kier alpha value is -3.94. The van der Waals surface area contributed by atoms with Crippen molar-refractivity contribution in [2.45, 2.75) is 25.2 Å². The molecule has 0 bridgehead atoms. The van der Waals surface area contributed by atoms with Crippen LogP contribution in [0.1, 0.15) is 35.7 Å². The largest absolute Gasteiger partial charge is 0.497 e. The van der Waals surface area contributed by atoms with Gasteiger partial charge in [-0.15, -0.1) is 0 Å². The van der Waals surface area contributed by atoms with Gasteiger partial charge in [-0.05, 0) is 42.3 Å². The average Bonchev–Trinajstić information content (AvgIpc) is 3.30. The molecule has 0 fully saturated rings. The van der Waals surface area contributed by atoms with Crippen LogP contribution in [0, 0.1) is 34.0 Å². The normalized spacial score (nSPS) is 22.1. The van der Waals surface area contributed by atoms with Gasteiger partial charge in [0.05, 0.1) is 24.9 Å². The molecule has 7 heteroatoms. The van der Waals surface area contributed by atoms with Crippen LogP contribution in [-0.4, -0.2) is 32.6 Å². The van der Waals surface area contributed by atoms with E-state index in [1.807, 2.05) is 6.92 Å². The summed E-state index contributed by atoms with van der Waals surface area (Å²) in [5.41, 5.74) is -2.01. The number of carbonyl (C=O) groups is 2. The highest BCUT2D eigenvalue weighted by Gasteiger charge is 2.72. The molecule has 2 atom stereocenters. The summed E-state index contributed by atoms with van der Waals surface area (Å²) in [5, 5.41) is 21.0. The number of methoxy groups -OCH3 is 2. The predicted molar refractivity (Wildman–Crippen MR) is 125 cm³/mol. The van der Waals surface area contributed by atoms with Crippen molar-refractivity contribution in [1.29, 1.82) is 10.5 Å². The first-order valence-electron chi connectivity index (χ1n) is 11.1. The standard InChI is InChI=1S/C27H25N3O4/c1-4-7-19-14-22(24(31)18-10-12-20(34-3)13-11-18)27(26(19,15-28)16-29)21-8-5-6-9-23(21)30(17-33-2)25(27)32/h5-6,8-14,19H,4,7,17H2,1-3H3/t19-,27+/m0/s1. The molecule has 2 aromatic carbocycles. The summed E-state index contributed by atoms with van der Waals surface area (Å²) in [6, 6.07) is 18.0. The Labute approximate surface area is 198 Å². The molecule has 0 unspecified atom stereocenters. The lowest BCUT2D eigenvalue weighted by Crippen LogP contribution is -2.53. The molecule has 1 aliphatic heterocycles. The monoisotopic (exact) mass is 455 g/mol. The third kappa shape index (κ3) is 2.91. The van der Waals surface area contributed by atoms with E-state index in [-0.39, 0.29) is 12.3 Å². The van der Waals surface area contributed by atoms with Crippen molar-refractivity contribution in [2.75, 3.05) is 25.9 Å². The van der Waals surface area contributed by atoms with Crippen LogP contribution in [-0.2, 0) is 14.9 Å². The number of fused-ring (bicyclic) bond motifs is 2. The van der Waals surface area contributed by atoms with Crippen LogP contribution in [0.2, 0.25) is 0 Å². The number of ketones is 1. The zero-order chi connectivity index (χ0) is 24.5. The molecule has 34 heavy (non-hydrogen) atoms. The Morgan fingerprint density at radius 3 is 2.35 bits per heavy atom. The molecule has 2 aromatic rings. The van der Waals surface area contributed by atoms with E-state index in [2.05, 4.69) is 12.1 Å². The van der Waals surface area contributed by atoms with Crippen molar-refractivity contribution in [1.82, 2.24) is 0 Å². The number of nitrogens with zero attached hydrogens (tertiary/aromatic N) is 3. The van der Waals surface area contributed by atoms with Gasteiger partial charge in [0, 0.05) is 24.2 Å². The summed E-state index contributed by atoms with van der Waals surface area (Å²) in [5.74, 6) is -0.888. The van der Waals surface area contributed by atoms with Crippen molar-refractivity contribution < 1.29 is 19.1 Å². The SMILES string of the molecule is CCC[C@H]1C=C(C(=O)c2ccc(OC)cc2)[C@]2(C(=O)N(COC)c3ccccc32)C1(C#N)C#N. The fourth-order valence-corrected chi connectivity index (χ4v) is 5.41. The van der Waals surface area contributed by atoms with Gasteiger partial charge in [-0.25, -0.2) is 0 Å². The molecule has 0 N–H and O–H groups in total. The third-order valence-corrected chi connectivity index (χ3v) is 6.89. The molecule has 4 rings (SSSR count). The highest BCUT2D eigenvalue weighted by molar-refractivity contribution is 6.22. The predicted octanol–water partition coefficient (Wildman–Crippen LogP) is 4.16. The van der Waals surface area contributed by atoms with Gasteiger partial charge in [0.25, 0.3) is 0 Å². The smallest absolute Gasteiger partial charge is 0.247 e. The van der Waals surface area contributed by atoms with Gasteiger partial charge in [-0.3, -0.25) is 14.5 Å². The zero-order valence-corrected chi connectivity index (χ0v) is 19.4. The summed E-state index contributed by atoms with van der Waals surface area (Å²) in [6.45, 7) is 1.89. The molecule has 1 heterocycles. The number of ether oxygens (including phenoxy) is 2. The lowest BCUT2D eigenvalue weighted by molar-refractivity contribution is -0.125. The van der Waals surface area contributed by atoms with E-state index in [0.29, 0.717) is 35.4 Å². The Balaban J connectivity index is 2.03. The zero-order valence-electron chi connectivity index (χ0n) is 19.4. The van der Waals surface area contributed by atoms with Gasteiger partial charge in [-0.2, -0.15) is 10.5 Å². The fraction of sp³-hybridized carbons (Fsp3) is 0.333. The van der Waals surface area contributed by atoms with E-state index >= 15 is 0 Å². The first-order valence-corrected chi connectivity index (χ1v) is 11.1. The van der Waals surface area contributed by atoms with Crippen LogP contribution >= 0.6 is 0 Å². The quantitative estimate of drug-likeness (QED) is 0.581. The highest BCUT2D eigenvalue weighted by Crippen LogP contribution is 2.63. The number of amides is 1. The first kappa shape index (κ1) is 23.2. The van der Waals surface area contributed by atoms with Crippen LogP contribution in [0.3, 0.4) is 0 Å². The lowest BCUT2D eigenvalue weighted by Gasteiger charge is -2.37. The Morgan fingerprint density at radius 1 is 1.09 bits per heavy atom. The van der Waals surface area contributed by atoms with Crippen molar-refractivity contribution >= 4 is 17.4 Å². The van der Waals surface area contributed by atoms with Gasteiger partial charge in [-0.1, -0.05) is 37.6 Å². The van der Waals surface area contributed by atoms with Gasteiger partial charge >= 0.3 is 0 Å². The van der Waals surface area contributed by atoms with Gasteiger partial charge in [0.2, 0.25) is 5.91 Å². The molecule has 0 saturated heterocycles. The van der Waals surface area contributed by atoms with Gasteiger partial charge < -0.3 is 9.47 Å². The number of anilines is 1. The molecule has 0 saturated carbocycles. The Kier molecular flexibility index (Phi) is 6.00. The number of hydrogen-bond acceptors (Lipinski definition) is 6. The second-order valence-corrected chi connectivity index (χ2v) is 8.48. The van der Waals surface area contributed by atoms with Crippen molar-refractivity contribution in [3.05, 3.63) is 71.3 Å². The minimum Gasteiger partial charge on any atom is -0.497 e. The van der Waals surface area contributed by atoms with E-state index in [0.717, 1.165) is 0 Å². The number of nitriles is 2. The molecule has 2 aliphatic rings. The lowest BCUT2D eigenvalue weighted by atomic mass is 9.57. The average molecular weight is 456 g/mol. The summed E-state index contributed by atoms with van der Waals surface area (Å²) >= 11 is 0. The minimum absolute atomic E-state index is 0.0625. The summed E-state index contributed by atoms with van der Waals surface area (Å²) < 4.78 is 10.5. The van der Waals surface area contributed by atoms with Crippen LogP contribution in [0.25, 0.3) is 0 Å². The Bertz CT molecular complexity index is 1240. The molecule has 0 aromatic heterocycles. The van der Waals surface area contributed by atoms with Crippen LogP contribution < -0.4 is 9.64 Å². The molecule has 1 amide bonds. The van der Waals surface area contributed by atoms with E-state index in [4.69, 9.17) is 9.47 Å². The molecule has 1 aliphatic carbocycles. The van der Waals surface area contributed by atoms with Crippen molar-refractivity contribution in [3.63, 3.8) is 0 Å². The number of Topliss-reactive ketones (excluding diaryl/α,β-unsaturated/α-hetero) is 1. The van der Waals surface area contributed by atoms with E-state index in [1.165, 1.54) is 19.1 Å². The van der Waals surface area contributed by atoms with Crippen LogP contribution in [0.15, 0.2) is 60.2 Å². The fourth-order valence-electron chi connectivity index (χ4n) is 5.41. The number of rotatable bonds is 7. The van der Waals surface area contributed by atoms with Crippen molar-refractivity contribution in [3.8, 4) is 17.9 Å². The van der Waals surface area contributed by atoms with Gasteiger partial charge in [0.1, 0.15) is 17.9 Å². The number of benzene rings is 2. The van der Waals surface area contributed by atoms with E-state index < -0.39 is 28.4 Å². The molecular weight excluding hydrogens is 430 g/mol. The summed E-state index contributed by atoms with van der Waals surface area (Å²) in [7, 11) is 3.00. The Morgan fingerprint density at radius 2 is 1.76 bits per heavy atom. The maximum atomic E-state index is 14.2. The minimum atomic E-state index is -1.78. The maximum absolute atomic E-state index is 14.2. The number of para-hydroxylation sites is 1. The molecular formula is C27H25N3O4. The number of hydrogen-bond donors (Lipinski definition) is 0. The third-order valence-electron chi connectivity index (χ3n) is 6.89. The number of allylic oxidation sites excluding steroid dienone is 1. The van der Waals surface area contributed by atoms with Gasteiger partial charge in [0.15, 0.2) is 11.2 Å². The summed E-state index contributed by atoms with van der Waals surface area (Å²) in [4.78, 5) is 29.6. The molecule has 7 nitrogen and oxygen atoms in total. The molecule has 1 spiro atoms. The van der Waals surface area contributed by atoms with Crippen molar-refractivity contribution in [2.24, 2.45) is 11.3 Å².